The number of hydrogen-bond donors (Lipinski definition) is 2. The van der Waals surface area contributed by atoms with Crippen LogP contribution < -0.4 is 5.32 Å². The van der Waals surface area contributed by atoms with Crippen LogP contribution in [0.15, 0.2) is 24.3 Å². The molecule has 2 N–H and O–H groups in total. The number of rotatable bonds is 5. The summed E-state index contributed by atoms with van der Waals surface area (Å²) in [4.78, 5) is 0. The van der Waals surface area contributed by atoms with Gasteiger partial charge >= 0.3 is 0 Å². The van der Waals surface area contributed by atoms with Crippen LogP contribution in [-0.2, 0) is 6.54 Å². The monoisotopic (exact) mass is 193 g/mol. The molecule has 2 nitrogen and oxygen atoms in total. The van der Waals surface area contributed by atoms with E-state index >= 15 is 0 Å². The highest BCUT2D eigenvalue weighted by atomic mass is 16.3. The molecule has 1 aromatic rings. The summed E-state index contributed by atoms with van der Waals surface area (Å²) in [6.07, 6.45) is 0.604. The average Bonchev–Trinajstić information content (AvgIpc) is 2.15. The molecule has 0 saturated carbocycles. The van der Waals surface area contributed by atoms with Crippen molar-refractivity contribution >= 4 is 0 Å². The van der Waals surface area contributed by atoms with E-state index in [-0.39, 0.29) is 6.10 Å². The molecule has 0 heterocycles. The third-order valence-corrected chi connectivity index (χ3v) is 2.19. The third kappa shape index (κ3) is 4.40. The molecule has 1 aromatic carbocycles. The highest BCUT2D eigenvalue weighted by Gasteiger charge is 1.95. The van der Waals surface area contributed by atoms with E-state index < -0.39 is 0 Å². The van der Waals surface area contributed by atoms with E-state index in [4.69, 9.17) is 5.11 Å². The van der Waals surface area contributed by atoms with Crippen molar-refractivity contribution < 1.29 is 5.11 Å². The lowest BCUT2D eigenvalue weighted by Gasteiger charge is -2.06. The van der Waals surface area contributed by atoms with Crippen LogP contribution in [0, 0.1) is 6.92 Å². The molecule has 0 aliphatic rings. The maximum Gasteiger partial charge on any atom is 0.0524 e. The Morgan fingerprint density at radius 1 is 1.29 bits per heavy atom. The molecular weight excluding hydrogens is 174 g/mol. The fourth-order valence-corrected chi connectivity index (χ4v) is 1.25. The Morgan fingerprint density at radius 2 is 1.93 bits per heavy atom. The minimum Gasteiger partial charge on any atom is -0.393 e. The molecule has 0 aliphatic heterocycles. The van der Waals surface area contributed by atoms with Gasteiger partial charge in [0.1, 0.15) is 0 Å². The van der Waals surface area contributed by atoms with Gasteiger partial charge < -0.3 is 10.4 Å². The molecule has 0 unspecified atom stereocenters. The Labute approximate surface area is 86.0 Å². The summed E-state index contributed by atoms with van der Waals surface area (Å²) in [5, 5.41) is 12.3. The fraction of sp³-hybridized carbons (Fsp3) is 0.500. The van der Waals surface area contributed by atoms with Gasteiger partial charge in [-0.15, -0.1) is 0 Å². The highest BCUT2D eigenvalue weighted by molar-refractivity contribution is 5.20. The molecule has 0 fully saturated rings. The van der Waals surface area contributed by atoms with Crippen molar-refractivity contribution in [3.8, 4) is 0 Å². The quantitative estimate of drug-likeness (QED) is 0.699. The predicted molar refractivity (Wildman–Crippen MR) is 59.2 cm³/mol. The van der Waals surface area contributed by atoms with E-state index in [0.29, 0.717) is 0 Å². The molecule has 0 aromatic heterocycles. The third-order valence-electron chi connectivity index (χ3n) is 2.19. The van der Waals surface area contributed by atoms with Crippen LogP contribution in [0.2, 0.25) is 0 Å². The average molecular weight is 193 g/mol. The molecule has 14 heavy (non-hydrogen) atoms. The first kappa shape index (κ1) is 11.2. The van der Waals surface area contributed by atoms with Gasteiger partial charge in [-0.1, -0.05) is 29.8 Å². The smallest absolute Gasteiger partial charge is 0.0524 e. The van der Waals surface area contributed by atoms with Gasteiger partial charge in [-0.2, -0.15) is 0 Å². The van der Waals surface area contributed by atoms with Gasteiger partial charge in [0.2, 0.25) is 0 Å². The summed E-state index contributed by atoms with van der Waals surface area (Å²) in [6, 6.07) is 8.49. The zero-order valence-corrected chi connectivity index (χ0v) is 8.96. The summed E-state index contributed by atoms with van der Waals surface area (Å²) >= 11 is 0. The van der Waals surface area contributed by atoms with E-state index in [2.05, 4.69) is 36.5 Å². The lowest BCUT2D eigenvalue weighted by atomic mass is 10.1. The minimum absolute atomic E-state index is 0.208. The Morgan fingerprint density at radius 3 is 2.50 bits per heavy atom. The largest absolute Gasteiger partial charge is 0.393 e. The van der Waals surface area contributed by atoms with Crippen LogP contribution in [0.5, 0.6) is 0 Å². The number of aliphatic hydroxyl groups is 1. The standard InChI is InChI=1S/C12H19NO/c1-10-3-5-12(6-4-10)9-13-8-7-11(2)14/h3-6,11,13-14H,7-9H2,1-2H3/t11-/m1/s1. The SMILES string of the molecule is Cc1ccc(CNCC[C@@H](C)O)cc1. The molecule has 78 valence electrons. The number of hydrogen-bond acceptors (Lipinski definition) is 2. The van der Waals surface area contributed by atoms with Gasteiger partial charge in [-0.05, 0) is 32.4 Å². The molecule has 0 saturated heterocycles. The van der Waals surface area contributed by atoms with Crippen LogP contribution in [-0.4, -0.2) is 17.8 Å². The number of nitrogens with one attached hydrogen (secondary N) is 1. The molecule has 0 amide bonds. The normalized spacial score (nSPS) is 12.8. The summed E-state index contributed by atoms with van der Waals surface area (Å²) < 4.78 is 0. The van der Waals surface area contributed by atoms with Crippen LogP contribution in [0.25, 0.3) is 0 Å². The van der Waals surface area contributed by atoms with Gasteiger partial charge in [-0.25, -0.2) is 0 Å². The van der Waals surface area contributed by atoms with Crippen LogP contribution in [0.3, 0.4) is 0 Å². The number of benzene rings is 1. The summed E-state index contributed by atoms with van der Waals surface area (Å²) in [6.45, 7) is 5.65. The lowest BCUT2D eigenvalue weighted by molar-refractivity contribution is 0.183. The molecule has 0 bridgehead atoms. The topological polar surface area (TPSA) is 32.3 Å². The fourth-order valence-electron chi connectivity index (χ4n) is 1.25. The van der Waals surface area contributed by atoms with Crippen molar-refractivity contribution in [1.29, 1.82) is 0 Å². The van der Waals surface area contributed by atoms with Crippen molar-refractivity contribution in [2.45, 2.75) is 32.9 Å². The van der Waals surface area contributed by atoms with Crippen LogP contribution >= 0.6 is 0 Å². The first-order valence-electron chi connectivity index (χ1n) is 5.13. The van der Waals surface area contributed by atoms with E-state index in [0.717, 1.165) is 19.5 Å². The predicted octanol–water partition coefficient (Wildman–Crippen LogP) is 1.86. The summed E-state index contributed by atoms with van der Waals surface area (Å²) in [5.74, 6) is 0. The van der Waals surface area contributed by atoms with Crippen molar-refractivity contribution in [3.05, 3.63) is 35.4 Å². The van der Waals surface area contributed by atoms with Crippen molar-refractivity contribution in [2.75, 3.05) is 6.54 Å². The number of aryl methyl sites for hydroxylation is 1. The second kappa shape index (κ2) is 5.78. The van der Waals surface area contributed by atoms with Gasteiger partial charge in [0.25, 0.3) is 0 Å². The molecule has 0 radical (unpaired) electrons. The molecule has 1 atom stereocenters. The highest BCUT2D eigenvalue weighted by Crippen LogP contribution is 2.02. The minimum atomic E-state index is -0.208. The second-order valence-corrected chi connectivity index (χ2v) is 3.80. The summed E-state index contributed by atoms with van der Waals surface area (Å²) in [7, 11) is 0. The van der Waals surface area contributed by atoms with Crippen molar-refractivity contribution in [3.63, 3.8) is 0 Å². The maximum absolute atomic E-state index is 9.05. The van der Waals surface area contributed by atoms with Crippen molar-refractivity contribution in [2.24, 2.45) is 0 Å². The van der Waals surface area contributed by atoms with Gasteiger partial charge in [0.05, 0.1) is 6.10 Å². The second-order valence-electron chi connectivity index (χ2n) is 3.80. The van der Waals surface area contributed by atoms with Gasteiger partial charge in [0, 0.05) is 6.54 Å². The molecule has 0 spiro atoms. The zero-order valence-electron chi connectivity index (χ0n) is 8.96. The van der Waals surface area contributed by atoms with Gasteiger partial charge in [-0.3, -0.25) is 0 Å². The first-order chi connectivity index (χ1) is 6.68. The van der Waals surface area contributed by atoms with E-state index in [1.54, 1.807) is 0 Å². The Kier molecular flexibility index (Phi) is 4.63. The number of aliphatic hydroxyl groups excluding tert-OH is 1. The lowest BCUT2D eigenvalue weighted by Crippen LogP contribution is -2.18. The van der Waals surface area contributed by atoms with Crippen molar-refractivity contribution in [1.82, 2.24) is 5.32 Å². The Balaban J connectivity index is 2.21. The van der Waals surface area contributed by atoms with E-state index in [9.17, 15) is 0 Å². The molecule has 1 rings (SSSR count). The van der Waals surface area contributed by atoms with E-state index in [1.165, 1.54) is 11.1 Å². The van der Waals surface area contributed by atoms with Crippen LogP contribution in [0.4, 0.5) is 0 Å². The van der Waals surface area contributed by atoms with Gasteiger partial charge in [0.15, 0.2) is 0 Å². The molecule has 0 aliphatic carbocycles. The molecule has 2 heteroatoms. The van der Waals surface area contributed by atoms with Crippen LogP contribution in [0.1, 0.15) is 24.5 Å². The Hall–Kier alpha value is -0.860. The summed E-state index contributed by atoms with van der Waals surface area (Å²) in [5.41, 5.74) is 2.58. The maximum atomic E-state index is 9.05. The Bertz CT molecular complexity index is 254. The zero-order chi connectivity index (χ0) is 10.4. The van der Waals surface area contributed by atoms with E-state index in [1.807, 2.05) is 6.92 Å². The first-order valence-corrected chi connectivity index (χ1v) is 5.13. The molecular formula is C12H19NO.